The van der Waals surface area contributed by atoms with Crippen LogP contribution in [0.15, 0.2) is 0 Å². The van der Waals surface area contributed by atoms with E-state index in [1.165, 1.54) is 0 Å². The first-order valence-electron chi connectivity index (χ1n) is 2.95. The summed E-state index contributed by atoms with van der Waals surface area (Å²) in [5.74, 6) is 0. The van der Waals surface area contributed by atoms with Crippen molar-refractivity contribution in [3.63, 3.8) is 0 Å². The van der Waals surface area contributed by atoms with Gasteiger partial charge in [0.1, 0.15) is 12.2 Å². The summed E-state index contributed by atoms with van der Waals surface area (Å²) in [7, 11) is 0. The maximum absolute atomic E-state index is 9.03. The van der Waals surface area contributed by atoms with Crippen LogP contribution in [0.2, 0.25) is 0 Å². The Morgan fingerprint density at radius 1 is 1.27 bits per heavy atom. The Hall–Kier alpha value is 0.930. The first kappa shape index (κ1) is 11.9. The molecule has 0 saturated carbocycles. The molecule has 70 valence electrons. The van der Waals surface area contributed by atoms with Crippen LogP contribution in [0.1, 0.15) is 0 Å². The van der Waals surface area contributed by atoms with Gasteiger partial charge in [0.05, 0.1) is 12.7 Å². The van der Waals surface area contributed by atoms with Crippen LogP contribution in [-0.2, 0) is 39.7 Å². The van der Waals surface area contributed by atoms with Gasteiger partial charge >= 0.3 is 22.4 Å². The number of aliphatic hydroxyl groups excluding tert-OH is 3. The summed E-state index contributed by atoms with van der Waals surface area (Å²) in [5.41, 5.74) is -0.799. The molecular weight excluding hydrogens is 353 g/mol. The van der Waals surface area contributed by atoms with Gasteiger partial charge in [0.25, 0.3) is 0 Å². The smallest absolute Gasteiger partial charge is 0.759 e. The SMILES string of the molecule is OCC1OC([S-])C(O)C1O.[Au+]. The summed E-state index contributed by atoms with van der Waals surface area (Å²) in [5, 5.41) is 26.5. The van der Waals surface area contributed by atoms with Gasteiger partial charge < -0.3 is 32.7 Å². The molecule has 4 unspecified atom stereocenters. The number of ether oxygens (including phenoxy) is 1. The topological polar surface area (TPSA) is 69.9 Å². The molecule has 0 bridgehead atoms. The maximum Gasteiger partial charge on any atom is 1.00 e. The molecule has 0 spiro atoms. The third kappa shape index (κ3) is 2.43. The van der Waals surface area contributed by atoms with Crippen LogP contribution in [0.25, 0.3) is 0 Å². The second-order valence-electron chi connectivity index (χ2n) is 2.21. The van der Waals surface area contributed by atoms with E-state index >= 15 is 0 Å². The van der Waals surface area contributed by atoms with Crippen molar-refractivity contribution in [1.29, 1.82) is 0 Å². The normalized spacial score (nSPS) is 43.6. The summed E-state index contributed by atoms with van der Waals surface area (Å²) in [6.45, 7) is -0.314. The third-order valence-corrected chi connectivity index (χ3v) is 1.89. The second kappa shape index (κ2) is 4.84. The average Bonchev–Trinajstić information content (AvgIpc) is 2.17. The molecule has 0 aromatic rings. The van der Waals surface area contributed by atoms with Crippen LogP contribution in [-0.4, -0.2) is 45.7 Å². The van der Waals surface area contributed by atoms with Crippen molar-refractivity contribution >= 4 is 12.6 Å². The van der Waals surface area contributed by atoms with Gasteiger partial charge in [-0.3, -0.25) is 0 Å². The predicted octanol–water partition coefficient (Wildman–Crippen LogP) is -2.03. The molecule has 1 heterocycles. The number of aliphatic hydroxyl groups is 3. The minimum Gasteiger partial charge on any atom is -0.759 e. The molecule has 0 aliphatic carbocycles. The molecule has 11 heavy (non-hydrogen) atoms. The molecule has 0 amide bonds. The van der Waals surface area contributed by atoms with Gasteiger partial charge in [0.2, 0.25) is 0 Å². The monoisotopic (exact) mass is 362 g/mol. The van der Waals surface area contributed by atoms with Gasteiger partial charge in [-0.2, -0.15) is 0 Å². The molecule has 0 aromatic heterocycles. The van der Waals surface area contributed by atoms with E-state index in [2.05, 4.69) is 12.6 Å². The molecule has 0 radical (unpaired) electrons. The summed E-state index contributed by atoms with van der Waals surface area (Å²) in [4.78, 5) is 0. The largest absolute Gasteiger partial charge is 1.00 e. The Bertz CT molecular complexity index is 125. The minimum atomic E-state index is -1.05. The molecule has 1 aliphatic heterocycles. The van der Waals surface area contributed by atoms with Gasteiger partial charge in [0.15, 0.2) is 0 Å². The molecule has 1 rings (SSSR count). The molecule has 1 saturated heterocycles. The first-order chi connectivity index (χ1) is 4.66. The molecular formula is C5H9AuO4S. The fraction of sp³-hybridized carbons (Fsp3) is 1.00. The standard InChI is InChI=1S/C5H10O4S.Au/c6-1-2-3(7)4(8)5(10)9-2;/h2-8,10H,1H2;/q;+1/p-1. The third-order valence-electron chi connectivity index (χ3n) is 1.50. The average molecular weight is 362 g/mol. The Morgan fingerprint density at radius 2 is 1.82 bits per heavy atom. The summed E-state index contributed by atoms with van der Waals surface area (Å²) in [6, 6.07) is 0. The van der Waals surface area contributed by atoms with Gasteiger partial charge in [-0.15, -0.1) is 0 Å². The number of hydrogen-bond donors (Lipinski definition) is 3. The van der Waals surface area contributed by atoms with E-state index in [4.69, 9.17) is 20.1 Å². The Kier molecular flexibility index (Phi) is 5.24. The van der Waals surface area contributed by atoms with Gasteiger partial charge in [-0.25, -0.2) is 0 Å². The summed E-state index contributed by atoms with van der Waals surface area (Å²) >= 11 is 4.60. The van der Waals surface area contributed by atoms with E-state index in [0.717, 1.165) is 0 Å². The van der Waals surface area contributed by atoms with Crippen molar-refractivity contribution in [2.24, 2.45) is 0 Å². The zero-order chi connectivity index (χ0) is 7.72. The van der Waals surface area contributed by atoms with Crippen molar-refractivity contribution in [3.8, 4) is 0 Å². The van der Waals surface area contributed by atoms with Crippen LogP contribution in [0.4, 0.5) is 0 Å². The van der Waals surface area contributed by atoms with Gasteiger partial charge in [-0.1, -0.05) is 0 Å². The van der Waals surface area contributed by atoms with Crippen LogP contribution in [0.5, 0.6) is 0 Å². The molecule has 4 nitrogen and oxygen atoms in total. The quantitative estimate of drug-likeness (QED) is 0.371. The van der Waals surface area contributed by atoms with E-state index < -0.39 is 23.7 Å². The second-order valence-corrected chi connectivity index (χ2v) is 2.67. The van der Waals surface area contributed by atoms with Crippen LogP contribution < -0.4 is 0 Å². The van der Waals surface area contributed by atoms with E-state index in [0.29, 0.717) is 0 Å². The molecule has 6 heteroatoms. The van der Waals surface area contributed by atoms with Crippen molar-refractivity contribution in [2.45, 2.75) is 23.7 Å². The van der Waals surface area contributed by atoms with Gasteiger partial charge in [0, 0.05) is 0 Å². The first-order valence-corrected chi connectivity index (χ1v) is 3.42. The zero-order valence-electron chi connectivity index (χ0n) is 5.48. The molecule has 1 aliphatic rings. The van der Waals surface area contributed by atoms with E-state index in [-0.39, 0.29) is 29.0 Å². The van der Waals surface area contributed by atoms with Crippen molar-refractivity contribution < 1.29 is 42.4 Å². The molecule has 0 aromatic carbocycles. The maximum atomic E-state index is 9.03. The van der Waals surface area contributed by atoms with Crippen molar-refractivity contribution in [2.75, 3.05) is 6.61 Å². The Morgan fingerprint density at radius 3 is 2.00 bits per heavy atom. The summed E-state index contributed by atoms with van der Waals surface area (Å²) in [6.07, 6.45) is -2.82. The van der Waals surface area contributed by atoms with E-state index in [1.807, 2.05) is 0 Å². The zero-order valence-corrected chi connectivity index (χ0v) is 8.46. The molecule has 3 N–H and O–H groups in total. The minimum absolute atomic E-state index is 0. The number of hydrogen-bond acceptors (Lipinski definition) is 5. The predicted molar refractivity (Wildman–Crippen MR) is 35.1 cm³/mol. The molecule has 4 atom stereocenters. The van der Waals surface area contributed by atoms with E-state index in [9.17, 15) is 0 Å². The van der Waals surface area contributed by atoms with E-state index in [1.54, 1.807) is 0 Å². The Labute approximate surface area is 85.5 Å². The fourth-order valence-corrected chi connectivity index (χ4v) is 1.17. The van der Waals surface area contributed by atoms with Crippen molar-refractivity contribution in [1.82, 2.24) is 0 Å². The Balaban J connectivity index is 0.000001000. The van der Waals surface area contributed by atoms with Crippen molar-refractivity contribution in [3.05, 3.63) is 0 Å². The van der Waals surface area contributed by atoms with Gasteiger partial charge in [-0.05, 0) is 5.44 Å². The van der Waals surface area contributed by atoms with Crippen LogP contribution >= 0.6 is 0 Å². The number of rotatable bonds is 1. The van der Waals surface area contributed by atoms with Crippen LogP contribution in [0, 0.1) is 0 Å². The summed E-state index contributed by atoms with van der Waals surface area (Å²) < 4.78 is 4.80. The fourth-order valence-electron chi connectivity index (χ4n) is 0.865. The van der Waals surface area contributed by atoms with Crippen LogP contribution in [0.3, 0.4) is 0 Å². The molecule has 1 fully saturated rings.